The fraction of sp³-hybridized carbons (Fsp3) is 0.353. The molecule has 1 aromatic heterocycles. The molecule has 0 aliphatic heterocycles. The molecule has 0 saturated carbocycles. The lowest BCUT2D eigenvalue weighted by Gasteiger charge is -2.28. The molecule has 0 spiro atoms. The highest BCUT2D eigenvalue weighted by atomic mass is 35.5. The molecular weight excluding hydrogens is 300 g/mol. The van der Waals surface area contributed by atoms with Crippen LogP contribution in [0.4, 0.5) is 0 Å². The molecular formula is C17H19ClN2O2. The van der Waals surface area contributed by atoms with Gasteiger partial charge < -0.3 is 15.0 Å². The SMILES string of the molecule is COc1ccc(Cl)c2c1CCCC2NCc1ccc[nH]c1=O. The highest BCUT2D eigenvalue weighted by Gasteiger charge is 2.25. The van der Waals surface area contributed by atoms with Crippen molar-refractivity contribution in [2.75, 3.05) is 7.11 Å². The van der Waals surface area contributed by atoms with Crippen molar-refractivity contribution >= 4 is 11.6 Å². The quantitative estimate of drug-likeness (QED) is 0.910. The maximum absolute atomic E-state index is 11.8. The first-order chi connectivity index (χ1) is 10.7. The number of hydrogen-bond donors (Lipinski definition) is 2. The average molecular weight is 319 g/mol. The lowest BCUT2D eigenvalue weighted by molar-refractivity contribution is 0.395. The second-order valence-corrected chi connectivity index (χ2v) is 5.90. The van der Waals surface area contributed by atoms with Crippen molar-refractivity contribution in [2.45, 2.75) is 31.8 Å². The van der Waals surface area contributed by atoms with E-state index in [0.717, 1.165) is 41.2 Å². The van der Waals surface area contributed by atoms with E-state index < -0.39 is 0 Å². The molecule has 2 N–H and O–H groups in total. The van der Waals surface area contributed by atoms with E-state index in [1.54, 1.807) is 13.3 Å². The minimum atomic E-state index is -0.0530. The van der Waals surface area contributed by atoms with Crippen LogP contribution in [0.25, 0.3) is 0 Å². The third-order valence-electron chi connectivity index (χ3n) is 4.19. The lowest BCUT2D eigenvalue weighted by atomic mass is 9.87. The van der Waals surface area contributed by atoms with Crippen LogP contribution in [0.1, 0.15) is 35.6 Å². The van der Waals surface area contributed by atoms with Crippen LogP contribution in [0, 0.1) is 0 Å². The van der Waals surface area contributed by atoms with Crippen molar-refractivity contribution in [3.8, 4) is 5.75 Å². The van der Waals surface area contributed by atoms with E-state index in [4.69, 9.17) is 16.3 Å². The van der Waals surface area contributed by atoms with Crippen LogP contribution < -0.4 is 15.6 Å². The Labute approximate surface area is 134 Å². The van der Waals surface area contributed by atoms with Gasteiger partial charge in [-0.25, -0.2) is 0 Å². The van der Waals surface area contributed by atoms with Crippen LogP contribution in [-0.2, 0) is 13.0 Å². The third-order valence-corrected chi connectivity index (χ3v) is 4.52. The maximum atomic E-state index is 11.8. The maximum Gasteiger partial charge on any atom is 0.252 e. The van der Waals surface area contributed by atoms with Gasteiger partial charge >= 0.3 is 0 Å². The number of hydrogen-bond acceptors (Lipinski definition) is 3. The predicted molar refractivity (Wildman–Crippen MR) is 87.6 cm³/mol. The first-order valence-electron chi connectivity index (χ1n) is 7.46. The van der Waals surface area contributed by atoms with E-state index in [0.29, 0.717) is 6.54 Å². The number of rotatable bonds is 4. The monoisotopic (exact) mass is 318 g/mol. The Hall–Kier alpha value is -1.78. The minimum Gasteiger partial charge on any atom is -0.496 e. The summed E-state index contributed by atoms with van der Waals surface area (Å²) >= 11 is 6.42. The molecule has 4 nitrogen and oxygen atoms in total. The number of halogens is 1. The summed E-state index contributed by atoms with van der Waals surface area (Å²) < 4.78 is 5.46. The smallest absolute Gasteiger partial charge is 0.252 e. The Balaban J connectivity index is 1.86. The number of pyridine rings is 1. The molecule has 5 heteroatoms. The summed E-state index contributed by atoms with van der Waals surface area (Å²) in [6, 6.07) is 7.62. The fourth-order valence-electron chi connectivity index (χ4n) is 3.10. The lowest BCUT2D eigenvalue weighted by Crippen LogP contribution is -2.28. The normalized spacial score (nSPS) is 17.1. The zero-order chi connectivity index (χ0) is 15.5. The molecule has 0 amide bonds. The molecule has 1 atom stereocenters. The van der Waals surface area contributed by atoms with E-state index in [-0.39, 0.29) is 11.6 Å². The van der Waals surface area contributed by atoms with Crippen LogP contribution in [-0.4, -0.2) is 12.1 Å². The van der Waals surface area contributed by atoms with Crippen LogP contribution >= 0.6 is 11.6 Å². The molecule has 1 aliphatic rings. The Bertz CT molecular complexity index is 727. The van der Waals surface area contributed by atoms with Crippen LogP contribution in [0.15, 0.2) is 35.3 Å². The Morgan fingerprint density at radius 2 is 2.27 bits per heavy atom. The van der Waals surface area contributed by atoms with Gasteiger partial charge in [0.2, 0.25) is 0 Å². The van der Waals surface area contributed by atoms with E-state index in [2.05, 4.69) is 10.3 Å². The average Bonchev–Trinajstić information content (AvgIpc) is 2.54. The number of benzene rings is 1. The summed E-state index contributed by atoms with van der Waals surface area (Å²) in [4.78, 5) is 14.5. The molecule has 1 aliphatic carbocycles. The number of H-pyrrole nitrogens is 1. The number of aromatic nitrogens is 1. The first-order valence-corrected chi connectivity index (χ1v) is 7.83. The summed E-state index contributed by atoms with van der Waals surface area (Å²) in [7, 11) is 1.68. The van der Waals surface area contributed by atoms with Gasteiger partial charge in [0.05, 0.1) is 7.11 Å². The number of ether oxygens (including phenoxy) is 1. The van der Waals surface area contributed by atoms with Gasteiger partial charge in [-0.1, -0.05) is 17.7 Å². The summed E-state index contributed by atoms with van der Waals surface area (Å²) in [5.74, 6) is 0.892. The van der Waals surface area contributed by atoms with Gasteiger partial charge in [-0.2, -0.15) is 0 Å². The second-order valence-electron chi connectivity index (χ2n) is 5.49. The van der Waals surface area contributed by atoms with Crippen LogP contribution in [0.5, 0.6) is 5.75 Å². The third kappa shape index (κ3) is 2.89. The highest BCUT2D eigenvalue weighted by Crippen LogP contribution is 2.39. The van der Waals surface area contributed by atoms with E-state index in [1.165, 1.54) is 5.56 Å². The van der Waals surface area contributed by atoms with Crippen molar-refractivity contribution < 1.29 is 4.74 Å². The van der Waals surface area contributed by atoms with Crippen molar-refractivity contribution in [2.24, 2.45) is 0 Å². The number of fused-ring (bicyclic) bond motifs is 1. The Morgan fingerprint density at radius 3 is 3.05 bits per heavy atom. The molecule has 0 fully saturated rings. The molecule has 116 valence electrons. The molecule has 0 saturated heterocycles. The molecule has 0 bridgehead atoms. The summed E-state index contributed by atoms with van der Waals surface area (Å²) in [6.45, 7) is 0.522. The van der Waals surface area contributed by atoms with Gasteiger partial charge in [0.1, 0.15) is 5.75 Å². The van der Waals surface area contributed by atoms with E-state index in [1.807, 2.05) is 24.3 Å². The fourth-order valence-corrected chi connectivity index (χ4v) is 3.41. The molecule has 1 heterocycles. The van der Waals surface area contributed by atoms with Gasteiger partial charge in [0.25, 0.3) is 5.56 Å². The molecule has 2 aromatic rings. The number of nitrogens with one attached hydrogen (secondary N) is 2. The first kappa shape index (κ1) is 15.1. The van der Waals surface area contributed by atoms with Crippen molar-refractivity contribution in [3.05, 3.63) is 62.5 Å². The second kappa shape index (κ2) is 6.55. The Kier molecular flexibility index (Phi) is 4.50. The molecule has 0 radical (unpaired) electrons. The standard InChI is InChI=1S/C17H19ClN2O2/c1-22-15-8-7-13(18)16-12(15)5-2-6-14(16)20-10-11-4-3-9-19-17(11)21/h3-4,7-9,14,20H,2,5-6,10H2,1H3,(H,19,21). The largest absolute Gasteiger partial charge is 0.496 e. The van der Waals surface area contributed by atoms with Crippen LogP contribution in [0.3, 0.4) is 0 Å². The van der Waals surface area contributed by atoms with Gasteiger partial charge in [0, 0.05) is 34.9 Å². The molecule has 1 aromatic carbocycles. The molecule has 1 unspecified atom stereocenters. The predicted octanol–water partition coefficient (Wildman–Crippen LogP) is 3.20. The summed E-state index contributed by atoms with van der Waals surface area (Å²) in [6.07, 6.45) is 4.70. The molecule has 3 rings (SSSR count). The van der Waals surface area contributed by atoms with Crippen molar-refractivity contribution in [1.29, 1.82) is 0 Å². The zero-order valence-electron chi connectivity index (χ0n) is 12.5. The zero-order valence-corrected chi connectivity index (χ0v) is 13.2. The summed E-state index contributed by atoms with van der Waals surface area (Å²) in [5.41, 5.74) is 2.97. The van der Waals surface area contributed by atoms with Gasteiger partial charge in [0.15, 0.2) is 0 Å². The number of methoxy groups -OCH3 is 1. The number of aromatic amines is 1. The van der Waals surface area contributed by atoms with Gasteiger partial charge in [-0.15, -0.1) is 0 Å². The molecule has 22 heavy (non-hydrogen) atoms. The van der Waals surface area contributed by atoms with Gasteiger partial charge in [-0.3, -0.25) is 4.79 Å². The highest BCUT2D eigenvalue weighted by molar-refractivity contribution is 6.31. The van der Waals surface area contributed by atoms with Crippen molar-refractivity contribution in [1.82, 2.24) is 10.3 Å². The van der Waals surface area contributed by atoms with Gasteiger partial charge in [-0.05, 0) is 43.0 Å². The minimum absolute atomic E-state index is 0.0530. The van der Waals surface area contributed by atoms with Crippen LogP contribution in [0.2, 0.25) is 5.02 Å². The summed E-state index contributed by atoms with van der Waals surface area (Å²) in [5, 5.41) is 4.23. The van der Waals surface area contributed by atoms with E-state index >= 15 is 0 Å². The van der Waals surface area contributed by atoms with E-state index in [9.17, 15) is 4.79 Å². The topological polar surface area (TPSA) is 54.1 Å². The Morgan fingerprint density at radius 1 is 1.41 bits per heavy atom. The van der Waals surface area contributed by atoms with Crippen molar-refractivity contribution in [3.63, 3.8) is 0 Å².